The van der Waals surface area contributed by atoms with Crippen LogP contribution in [-0.2, 0) is 0 Å². The normalized spacial score (nSPS) is 10.4. The van der Waals surface area contributed by atoms with Crippen LogP contribution in [-0.4, -0.2) is 24.4 Å². The van der Waals surface area contributed by atoms with Crippen molar-refractivity contribution in [3.8, 4) is 22.8 Å². The molecule has 2 rings (SSSR count). The van der Waals surface area contributed by atoms with Crippen molar-refractivity contribution in [2.24, 2.45) is 0 Å². The first-order chi connectivity index (χ1) is 8.58. The monoisotopic (exact) mass is 247 g/mol. The number of aryl methyl sites for hydroxylation is 1. The van der Waals surface area contributed by atoms with Crippen LogP contribution in [0.25, 0.3) is 11.3 Å². The molecule has 0 fully saturated rings. The van der Waals surface area contributed by atoms with Gasteiger partial charge in [-0.3, -0.25) is 5.10 Å². The van der Waals surface area contributed by atoms with Gasteiger partial charge in [0.05, 0.1) is 19.9 Å². The summed E-state index contributed by atoms with van der Waals surface area (Å²) >= 11 is 0. The molecule has 0 saturated heterocycles. The third kappa shape index (κ3) is 1.88. The first-order valence-electron chi connectivity index (χ1n) is 5.62. The maximum atomic E-state index is 5.64. The van der Waals surface area contributed by atoms with Gasteiger partial charge >= 0.3 is 0 Å². The molecule has 1 heterocycles. The zero-order valence-corrected chi connectivity index (χ0v) is 11.0. The van der Waals surface area contributed by atoms with Crippen LogP contribution >= 0.6 is 0 Å². The van der Waals surface area contributed by atoms with Crippen molar-refractivity contribution in [1.29, 1.82) is 0 Å². The molecule has 0 unspecified atom stereocenters. The lowest BCUT2D eigenvalue weighted by Crippen LogP contribution is -1.98. The van der Waals surface area contributed by atoms with Crippen molar-refractivity contribution < 1.29 is 9.47 Å². The van der Waals surface area contributed by atoms with Crippen LogP contribution in [0.3, 0.4) is 0 Å². The number of nitrogens with zero attached hydrogens (tertiary/aromatic N) is 1. The van der Waals surface area contributed by atoms with Crippen molar-refractivity contribution in [3.05, 3.63) is 23.3 Å². The summed E-state index contributed by atoms with van der Waals surface area (Å²) in [6.45, 7) is 4.00. The lowest BCUT2D eigenvalue weighted by atomic mass is 9.98. The lowest BCUT2D eigenvalue weighted by molar-refractivity contribution is 0.353. The molecule has 0 aliphatic carbocycles. The van der Waals surface area contributed by atoms with Crippen LogP contribution in [0.1, 0.15) is 11.1 Å². The SMILES string of the molecule is COc1cc(C)c(-c2cc(N)n[nH]2)c(C)c1OC. The Bertz CT molecular complexity index is 576. The molecule has 0 saturated carbocycles. The molecular weight excluding hydrogens is 230 g/mol. The van der Waals surface area contributed by atoms with Gasteiger partial charge in [-0.25, -0.2) is 0 Å². The Morgan fingerprint density at radius 3 is 2.39 bits per heavy atom. The second kappa shape index (κ2) is 4.60. The summed E-state index contributed by atoms with van der Waals surface area (Å²) in [6, 6.07) is 3.75. The van der Waals surface area contributed by atoms with Gasteiger partial charge in [-0.1, -0.05) is 0 Å². The highest BCUT2D eigenvalue weighted by Crippen LogP contribution is 2.39. The fourth-order valence-corrected chi connectivity index (χ4v) is 2.21. The van der Waals surface area contributed by atoms with E-state index in [1.165, 1.54) is 0 Å². The summed E-state index contributed by atoms with van der Waals surface area (Å²) in [5, 5.41) is 6.87. The van der Waals surface area contributed by atoms with Crippen LogP contribution in [0.2, 0.25) is 0 Å². The van der Waals surface area contributed by atoms with Crippen LogP contribution in [0.4, 0.5) is 5.82 Å². The number of rotatable bonds is 3. The molecule has 5 heteroatoms. The van der Waals surface area contributed by atoms with Gasteiger partial charge in [0, 0.05) is 17.2 Å². The van der Waals surface area contributed by atoms with E-state index in [1.54, 1.807) is 20.3 Å². The summed E-state index contributed by atoms with van der Waals surface area (Å²) in [4.78, 5) is 0. The number of methoxy groups -OCH3 is 2. The van der Waals surface area contributed by atoms with E-state index in [0.717, 1.165) is 33.9 Å². The highest BCUT2D eigenvalue weighted by Gasteiger charge is 2.17. The van der Waals surface area contributed by atoms with E-state index in [9.17, 15) is 0 Å². The van der Waals surface area contributed by atoms with Crippen molar-refractivity contribution in [2.75, 3.05) is 20.0 Å². The van der Waals surface area contributed by atoms with Crippen molar-refractivity contribution in [3.63, 3.8) is 0 Å². The fraction of sp³-hybridized carbons (Fsp3) is 0.308. The Hall–Kier alpha value is -2.17. The van der Waals surface area contributed by atoms with E-state index in [-0.39, 0.29) is 0 Å². The van der Waals surface area contributed by atoms with Crippen molar-refractivity contribution in [1.82, 2.24) is 10.2 Å². The standard InChI is InChI=1S/C13H17N3O2/c1-7-5-10(17-3)13(18-4)8(2)12(7)9-6-11(14)16-15-9/h5-6H,1-4H3,(H3,14,15,16). The Kier molecular flexibility index (Phi) is 3.14. The van der Waals surface area contributed by atoms with E-state index in [0.29, 0.717) is 5.82 Å². The van der Waals surface area contributed by atoms with E-state index < -0.39 is 0 Å². The van der Waals surface area contributed by atoms with Gasteiger partial charge in [-0.15, -0.1) is 0 Å². The van der Waals surface area contributed by atoms with Gasteiger partial charge in [0.1, 0.15) is 5.82 Å². The molecule has 0 atom stereocenters. The van der Waals surface area contributed by atoms with Crippen molar-refractivity contribution >= 4 is 5.82 Å². The molecule has 0 aliphatic heterocycles. The number of anilines is 1. The molecule has 3 N–H and O–H groups in total. The van der Waals surface area contributed by atoms with Crippen LogP contribution in [0.5, 0.6) is 11.5 Å². The van der Waals surface area contributed by atoms with Crippen LogP contribution in [0, 0.1) is 13.8 Å². The molecule has 96 valence electrons. The summed E-state index contributed by atoms with van der Waals surface area (Å²) in [5.74, 6) is 1.92. The molecule has 0 radical (unpaired) electrons. The molecular formula is C13H17N3O2. The third-order valence-electron chi connectivity index (χ3n) is 2.97. The number of nitrogens with two attached hydrogens (primary N) is 1. The van der Waals surface area contributed by atoms with Gasteiger partial charge in [-0.2, -0.15) is 5.10 Å². The second-order valence-corrected chi connectivity index (χ2v) is 4.14. The molecule has 2 aromatic rings. The predicted octanol–water partition coefficient (Wildman–Crippen LogP) is 2.29. The molecule has 0 amide bonds. The third-order valence-corrected chi connectivity index (χ3v) is 2.97. The van der Waals surface area contributed by atoms with Gasteiger partial charge in [0.25, 0.3) is 0 Å². The van der Waals surface area contributed by atoms with Gasteiger partial charge < -0.3 is 15.2 Å². The van der Waals surface area contributed by atoms with E-state index in [2.05, 4.69) is 10.2 Å². The number of nitrogen functional groups attached to an aromatic ring is 1. The van der Waals surface area contributed by atoms with E-state index in [1.807, 2.05) is 19.9 Å². The summed E-state index contributed by atoms with van der Waals surface area (Å²) in [6.07, 6.45) is 0. The largest absolute Gasteiger partial charge is 0.493 e. The number of ether oxygens (including phenoxy) is 2. The van der Waals surface area contributed by atoms with Crippen molar-refractivity contribution in [2.45, 2.75) is 13.8 Å². The zero-order valence-electron chi connectivity index (χ0n) is 11.0. The number of benzene rings is 1. The molecule has 0 aliphatic rings. The number of hydrogen-bond donors (Lipinski definition) is 2. The molecule has 0 bridgehead atoms. The average Bonchev–Trinajstić information content (AvgIpc) is 2.75. The number of nitrogens with one attached hydrogen (secondary N) is 1. The summed E-state index contributed by atoms with van der Waals surface area (Å²) in [7, 11) is 3.26. The minimum absolute atomic E-state index is 0.471. The Morgan fingerprint density at radius 2 is 1.89 bits per heavy atom. The van der Waals surface area contributed by atoms with Gasteiger partial charge in [0.15, 0.2) is 11.5 Å². The molecule has 5 nitrogen and oxygen atoms in total. The number of aromatic nitrogens is 2. The number of aromatic amines is 1. The highest BCUT2D eigenvalue weighted by atomic mass is 16.5. The number of H-pyrrole nitrogens is 1. The number of hydrogen-bond acceptors (Lipinski definition) is 4. The quantitative estimate of drug-likeness (QED) is 0.872. The van der Waals surface area contributed by atoms with E-state index in [4.69, 9.17) is 15.2 Å². The fourth-order valence-electron chi connectivity index (χ4n) is 2.21. The van der Waals surface area contributed by atoms with Gasteiger partial charge in [-0.05, 0) is 25.5 Å². The maximum absolute atomic E-state index is 5.64. The minimum atomic E-state index is 0.471. The highest BCUT2D eigenvalue weighted by molar-refractivity contribution is 5.74. The Labute approximate surface area is 106 Å². The minimum Gasteiger partial charge on any atom is -0.493 e. The smallest absolute Gasteiger partial charge is 0.164 e. The summed E-state index contributed by atoms with van der Waals surface area (Å²) in [5.41, 5.74) is 9.64. The molecule has 18 heavy (non-hydrogen) atoms. The first kappa shape index (κ1) is 12.3. The first-order valence-corrected chi connectivity index (χ1v) is 5.62. The van der Waals surface area contributed by atoms with Gasteiger partial charge in [0.2, 0.25) is 0 Å². The lowest BCUT2D eigenvalue weighted by Gasteiger charge is -2.16. The zero-order chi connectivity index (χ0) is 13.3. The predicted molar refractivity (Wildman–Crippen MR) is 71.0 cm³/mol. The summed E-state index contributed by atoms with van der Waals surface area (Å²) < 4.78 is 10.7. The molecule has 0 spiro atoms. The van der Waals surface area contributed by atoms with Crippen LogP contribution in [0.15, 0.2) is 12.1 Å². The topological polar surface area (TPSA) is 73.2 Å². The maximum Gasteiger partial charge on any atom is 0.164 e. The Balaban J connectivity index is 2.68. The second-order valence-electron chi connectivity index (χ2n) is 4.14. The van der Waals surface area contributed by atoms with Crippen LogP contribution < -0.4 is 15.2 Å². The molecule has 1 aromatic carbocycles. The van der Waals surface area contributed by atoms with E-state index >= 15 is 0 Å². The molecule has 1 aromatic heterocycles. The Morgan fingerprint density at radius 1 is 1.17 bits per heavy atom. The average molecular weight is 247 g/mol.